The lowest BCUT2D eigenvalue weighted by atomic mass is 10.1. The molecular weight excluding hydrogens is 290 g/mol. The molecular formula is C19H14NO3. The van der Waals surface area contributed by atoms with Gasteiger partial charge in [0.25, 0.3) is 0 Å². The van der Waals surface area contributed by atoms with Crippen LogP contribution in [0.25, 0.3) is 10.8 Å². The van der Waals surface area contributed by atoms with Crippen LogP contribution in [0.15, 0.2) is 66.7 Å². The molecule has 3 rings (SSSR count). The summed E-state index contributed by atoms with van der Waals surface area (Å²) in [6.07, 6.45) is 2.50. The number of benzene rings is 3. The Morgan fingerprint density at radius 1 is 0.957 bits per heavy atom. The zero-order valence-electron chi connectivity index (χ0n) is 12.3. The number of hydrogen-bond acceptors (Lipinski definition) is 3. The molecule has 3 aromatic rings. The number of carbonyl (C=O) groups excluding carboxylic acids is 2. The standard InChI is InChI=1S/C19H14NO3/c21-12-16-6-7-18-11-19(9-8-17(18)10-16)20(14-22)23-13-15-4-2-1-3-5-15/h1-11,14H,13H2. The molecule has 0 unspecified atom stereocenters. The van der Waals surface area contributed by atoms with E-state index < -0.39 is 0 Å². The number of rotatable bonds is 6. The minimum absolute atomic E-state index is 0.302. The second-order valence-corrected chi connectivity index (χ2v) is 5.04. The third-order valence-electron chi connectivity index (χ3n) is 3.51. The Morgan fingerprint density at radius 2 is 1.70 bits per heavy atom. The fraction of sp³-hybridized carbons (Fsp3) is 0.0526. The van der Waals surface area contributed by atoms with Crippen LogP contribution < -0.4 is 5.06 Å². The summed E-state index contributed by atoms with van der Waals surface area (Å²) in [7, 11) is 0. The molecule has 0 aromatic heterocycles. The monoisotopic (exact) mass is 304 g/mol. The molecule has 0 aliphatic rings. The maximum Gasteiger partial charge on any atom is 0.238 e. The molecule has 0 atom stereocenters. The smallest absolute Gasteiger partial charge is 0.238 e. The highest BCUT2D eigenvalue weighted by atomic mass is 16.7. The second-order valence-electron chi connectivity index (χ2n) is 5.04. The van der Waals surface area contributed by atoms with Crippen LogP contribution in [0.5, 0.6) is 0 Å². The summed E-state index contributed by atoms with van der Waals surface area (Å²) >= 11 is 0. The first-order valence-corrected chi connectivity index (χ1v) is 7.13. The van der Waals surface area contributed by atoms with Crippen molar-refractivity contribution in [1.29, 1.82) is 0 Å². The van der Waals surface area contributed by atoms with Gasteiger partial charge in [-0.05, 0) is 34.5 Å². The van der Waals surface area contributed by atoms with Gasteiger partial charge in [-0.15, -0.1) is 0 Å². The van der Waals surface area contributed by atoms with Crippen LogP contribution in [0, 0.1) is 0 Å². The molecule has 0 fully saturated rings. The Bertz CT molecular complexity index is 830. The fourth-order valence-corrected chi connectivity index (χ4v) is 2.32. The van der Waals surface area contributed by atoms with E-state index in [1.807, 2.05) is 54.8 Å². The third kappa shape index (κ3) is 3.44. The van der Waals surface area contributed by atoms with Crippen molar-refractivity contribution in [1.82, 2.24) is 0 Å². The van der Waals surface area contributed by atoms with E-state index >= 15 is 0 Å². The van der Waals surface area contributed by atoms with E-state index in [9.17, 15) is 9.59 Å². The summed E-state index contributed by atoms with van der Waals surface area (Å²) in [5.41, 5.74) is 2.11. The van der Waals surface area contributed by atoms with Crippen molar-refractivity contribution >= 4 is 29.2 Å². The second kappa shape index (κ2) is 6.85. The van der Waals surface area contributed by atoms with Crippen LogP contribution in [0.1, 0.15) is 11.1 Å². The van der Waals surface area contributed by atoms with Gasteiger partial charge in [-0.3, -0.25) is 14.4 Å². The third-order valence-corrected chi connectivity index (χ3v) is 3.51. The van der Waals surface area contributed by atoms with Crippen molar-refractivity contribution < 1.29 is 14.4 Å². The highest BCUT2D eigenvalue weighted by Gasteiger charge is 2.08. The van der Waals surface area contributed by atoms with Crippen LogP contribution in [-0.2, 0) is 21.0 Å². The maximum atomic E-state index is 11.3. The van der Waals surface area contributed by atoms with Crippen molar-refractivity contribution in [3.05, 3.63) is 77.9 Å². The summed E-state index contributed by atoms with van der Waals surface area (Å²) in [4.78, 5) is 27.6. The van der Waals surface area contributed by atoms with Gasteiger partial charge in [0.05, 0.1) is 5.69 Å². The van der Waals surface area contributed by atoms with Crippen LogP contribution in [0.4, 0.5) is 5.69 Å². The van der Waals surface area contributed by atoms with E-state index in [0.29, 0.717) is 24.3 Å². The van der Waals surface area contributed by atoms with Crippen molar-refractivity contribution in [2.24, 2.45) is 0 Å². The van der Waals surface area contributed by atoms with Gasteiger partial charge in [-0.1, -0.05) is 48.5 Å². The van der Waals surface area contributed by atoms with Gasteiger partial charge in [0.1, 0.15) is 6.61 Å². The SMILES string of the molecule is O=[C]c1ccc2cc(N(C=O)OCc3ccccc3)ccc2c1. The predicted octanol–water partition coefficient (Wildman–Crippen LogP) is 3.39. The molecule has 4 nitrogen and oxygen atoms in total. The van der Waals surface area contributed by atoms with E-state index in [-0.39, 0.29) is 0 Å². The largest absolute Gasteiger partial charge is 0.285 e. The number of nitrogens with zero attached hydrogens (tertiary/aromatic N) is 1. The minimum Gasteiger partial charge on any atom is -0.285 e. The molecule has 0 N–H and O–H groups in total. The van der Waals surface area contributed by atoms with Crippen LogP contribution in [0.3, 0.4) is 0 Å². The maximum absolute atomic E-state index is 11.3. The van der Waals surface area contributed by atoms with Gasteiger partial charge < -0.3 is 0 Å². The van der Waals surface area contributed by atoms with Crippen molar-refractivity contribution in [3.63, 3.8) is 0 Å². The summed E-state index contributed by atoms with van der Waals surface area (Å²) in [5.74, 6) is 0. The van der Waals surface area contributed by atoms with E-state index in [2.05, 4.69) is 0 Å². The fourth-order valence-electron chi connectivity index (χ4n) is 2.32. The summed E-state index contributed by atoms with van der Waals surface area (Å²) in [6, 6.07) is 20.3. The van der Waals surface area contributed by atoms with Gasteiger partial charge in [0.15, 0.2) is 0 Å². The van der Waals surface area contributed by atoms with E-state index in [0.717, 1.165) is 16.3 Å². The summed E-state index contributed by atoms with van der Waals surface area (Å²) in [6.45, 7) is 0.302. The highest BCUT2D eigenvalue weighted by Crippen LogP contribution is 2.23. The molecule has 23 heavy (non-hydrogen) atoms. The zero-order valence-corrected chi connectivity index (χ0v) is 12.3. The van der Waals surface area contributed by atoms with Gasteiger partial charge >= 0.3 is 0 Å². The molecule has 1 radical (unpaired) electrons. The number of hydrogen-bond donors (Lipinski definition) is 0. The summed E-state index contributed by atoms with van der Waals surface area (Å²) < 4.78 is 0. The van der Waals surface area contributed by atoms with Gasteiger partial charge in [0.2, 0.25) is 12.7 Å². The van der Waals surface area contributed by atoms with E-state index in [1.54, 1.807) is 18.2 Å². The first-order valence-electron chi connectivity index (χ1n) is 7.13. The van der Waals surface area contributed by atoms with Crippen LogP contribution in [0.2, 0.25) is 0 Å². The molecule has 113 valence electrons. The Hall–Kier alpha value is -2.98. The van der Waals surface area contributed by atoms with Gasteiger partial charge in [0, 0.05) is 5.56 Å². The average Bonchev–Trinajstić information content (AvgIpc) is 2.62. The zero-order chi connectivity index (χ0) is 16.1. The van der Waals surface area contributed by atoms with Crippen LogP contribution in [-0.4, -0.2) is 12.7 Å². The highest BCUT2D eigenvalue weighted by molar-refractivity contribution is 5.92. The Kier molecular flexibility index (Phi) is 4.45. The van der Waals surface area contributed by atoms with E-state index in [4.69, 9.17) is 4.84 Å². The Labute approximate surface area is 133 Å². The molecule has 0 spiro atoms. The van der Waals surface area contributed by atoms with Crippen molar-refractivity contribution in [2.75, 3.05) is 5.06 Å². The first kappa shape index (κ1) is 14.9. The molecule has 3 aromatic carbocycles. The Balaban J connectivity index is 1.81. The van der Waals surface area contributed by atoms with E-state index in [1.165, 1.54) is 5.06 Å². The number of anilines is 1. The molecule has 0 saturated carbocycles. The lowest BCUT2D eigenvalue weighted by Gasteiger charge is -2.17. The predicted molar refractivity (Wildman–Crippen MR) is 88.5 cm³/mol. The first-order chi connectivity index (χ1) is 11.3. The normalized spacial score (nSPS) is 10.4. The quantitative estimate of drug-likeness (QED) is 0.518. The number of fused-ring (bicyclic) bond motifs is 1. The topological polar surface area (TPSA) is 46.6 Å². The number of hydroxylamine groups is 1. The van der Waals surface area contributed by atoms with Gasteiger partial charge in [-0.25, -0.2) is 0 Å². The number of amides is 1. The number of carbonyl (C=O) groups is 1. The van der Waals surface area contributed by atoms with Crippen molar-refractivity contribution in [3.8, 4) is 0 Å². The molecule has 0 aliphatic heterocycles. The minimum atomic E-state index is 0.302. The van der Waals surface area contributed by atoms with Gasteiger partial charge in [-0.2, -0.15) is 5.06 Å². The molecule has 4 heteroatoms. The van der Waals surface area contributed by atoms with Crippen molar-refractivity contribution in [2.45, 2.75) is 6.61 Å². The molecule has 1 amide bonds. The lowest BCUT2D eigenvalue weighted by molar-refractivity contribution is -0.114. The molecule has 0 aliphatic carbocycles. The lowest BCUT2D eigenvalue weighted by Crippen LogP contribution is -2.21. The molecule has 0 bridgehead atoms. The summed E-state index contributed by atoms with van der Waals surface area (Å²) in [5, 5.41) is 3.02. The average molecular weight is 304 g/mol. The Morgan fingerprint density at radius 3 is 2.43 bits per heavy atom. The van der Waals surface area contributed by atoms with Crippen LogP contribution >= 0.6 is 0 Å². The molecule has 0 heterocycles. The molecule has 0 saturated heterocycles.